The number of methoxy groups -OCH3 is 1. The standard InChI is InChI=1S/C14H13F2NO3S/c1-19-12(18)6-8-21-11-4-2-3-10-9(11)5-7-17-13(10)20-14(15)16/h2-5,7,14H,6,8H2,1H3. The Balaban J connectivity index is 2.23. The number of halogens is 2. The topological polar surface area (TPSA) is 48.4 Å². The molecule has 0 aliphatic rings. The Morgan fingerprint density at radius 1 is 1.33 bits per heavy atom. The first kappa shape index (κ1) is 15.5. The van der Waals surface area contributed by atoms with Crippen molar-refractivity contribution in [2.75, 3.05) is 12.9 Å². The van der Waals surface area contributed by atoms with E-state index in [-0.39, 0.29) is 18.3 Å². The molecule has 0 radical (unpaired) electrons. The van der Waals surface area contributed by atoms with E-state index in [1.165, 1.54) is 25.1 Å². The minimum atomic E-state index is -2.92. The van der Waals surface area contributed by atoms with E-state index < -0.39 is 6.61 Å². The van der Waals surface area contributed by atoms with Crippen LogP contribution in [0, 0.1) is 0 Å². The molecule has 0 fully saturated rings. The molecular weight excluding hydrogens is 300 g/mol. The van der Waals surface area contributed by atoms with Gasteiger partial charge in [-0.15, -0.1) is 11.8 Å². The lowest BCUT2D eigenvalue weighted by molar-refractivity contribution is -0.140. The lowest BCUT2D eigenvalue weighted by Gasteiger charge is -2.09. The number of nitrogens with zero attached hydrogens (tertiary/aromatic N) is 1. The predicted octanol–water partition coefficient (Wildman–Crippen LogP) is 3.49. The SMILES string of the molecule is COC(=O)CCSc1cccc2c(OC(F)F)nccc12. The van der Waals surface area contributed by atoms with Gasteiger partial charge in [0.25, 0.3) is 0 Å². The maximum atomic E-state index is 12.4. The van der Waals surface area contributed by atoms with Crippen molar-refractivity contribution >= 4 is 28.5 Å². The molecule has 4 nitrogen and oxygen atoms in total. The van der Waals surface area contributed by atoms with Crippen LogP contribution in [0.15, 0.2) is 35.4 Å². The third-order valence-corrected chi connectivity index (χ3v) is 3.80. The summed E-state index contributed by atoms with van der Waals surface area (Å²) in [5.74, 6) is 0.156. The molecule has 0 aliphatic heterocycles. The average Bonchev–Trinajstić information content (AvgIpc) is 2.47. The molecule has 0 amide bonds. The van der Waals surface area contributed by atoms with E-state index in [1.54, 1.807) is 18.2 Å². The summed E-state index contributed by atoms with van der Waals surface area (Å²) in [6, 6.07) is 7.00. The Labute approximate surface area is 124 Å². The molecule has 2 rings (SSSR count). The Morgan fingerprint density at radius 3 is 2.86 bits per heavy atom. The molecule has 0 saturated heterocycles. The number of thioether (sulfide) groups is 1. The minimum absolute atomic E-state index is 0.0992. The van der Waals surface area contributed by atoms with Crippen molar-refractivity contribution in [2.24, 2.45) is 0 Å². The molecule has 0 saturated carbocycles. The number of esters is 1. The molecule has 0 unspecified atom stereocenters. The largest absolute Gasteiger partial charge is 0.469 e. The van der Waals surface area contributed by atoms with Crippen molar-refractivity contribution in [3.05, 3.63) is 30.5 Å². The fourth-order valence-corrected chi connectivity index (χ4v) is 2.80. The third-order valence-electron chi connectivity index (χ3n) is 2.72. The quantitative estimate of drug-likeness (QED) is 0.603. The van der Waals surface area contributed by atoms with Crippen LogP contribution in [0.25, 0.3) is 10.8 Å². The van der Waals surface area contributed by atoms with Crippen LogP contribution >= 0.6 is 11.8 Å². The number of alkyl halides is 2. The molecule has 0 bridgehead atoms. The fourth-order valence-electron chi connectivity index (χ4n) is 1.80. The van der Waals surface area contributed by atoms with Gasteiger partial charge in [-0.1, -0.05) is 6.07 Å². The van der Waals surface area contributed by atoms with E-state index in [0.717, 1.165) is 10.3 Å². The normalized spacial score (nSPS) is 10.9. The van der Waals surface area contributed by atoms with Gasteiger partial charge >= 0.3 is 12.6 Å². The molecule has 112 valence electrons. The number of benzene rings is 1. The first-order chi connectivity index (χ1) is 10.1. The summed E-state index contributed by atoms with van der Waals surface area (Å²) < 4.78 is 33.7. The summed E-state index contributed by atoms with van der Waals surface area (Å²) in [6.07, 6.45) is 1.70. The Hall–Kier alpha value is -1.89. The molecule has 1 aromatic heterocycles. The number of aromatic nitrogens is 1. The van der Waals surface area contributed by atoms with E-state index in [4.69, 9.17) is 0 Å². The summed E-state index contributed by atoms with van der Waals surface area (Å²) in [4.78, 5) is 15.8. The van der Waals surface area contributed by atoms with Gasteiger partial charge in [-0.3, -0.25) is 4.79 Å². The molecule has 0 spiro atoms. The van der Waals surface area contributed by atoms with Crippen molar-refractivity contribution in [1.29, 1.82) is 0 Å². The zero-order valence-electron chi connectivity index (χ0n) is 11.2. The minimum Gasteiger partial charge on any atom is -0.469 e. The smallest absolute Gasteiger partial charge is 0.388 e. The van der Waals surface area contributed by atoms with Crippen LogP contribution in [0.3, 0.4) is 0 Å². The van der Waals surface area contributed by atoms with Gasteiger partial charge < -0.3 is 9.47 Å². The van der Waals surface area contributed by atoms with Gasteiger partial charge in [-0.05, 0) is 18.2 Å². The number of rotatable bonds is 6. The Morgan fingerprint density at radius 2 is 2.14 bits per heavy atom. The second-order valence-corrected chi connectivity index (χ2v) is 5.16. The van der Waals surface area contributed by atoms with Crippen molar-refractivity contribution in [1.82, 2.24) is 4.98 Å². The number of ether oxygens (including phenoxy) is 2. The number of hydrogen-bond donors (Lipinski definition) is 0. The van der Waals surface area contributed by atoms with Gasteiger partial charge in [0, 0.05) is 27.6 Å². The number of carbonyl (C=O) groups excluding carboxylic acids is 1. The van der Waals surface area contributed by atoms with Crippen LogP contribution in [-0.4, -0.2) is 30.4 Å². The van der Waals surface area contributed by atoms with Crippen LogP contribution in [0.5, 0.6) is 5.88 Å². The summed E-state index contributed by atoms with van der Waals surface area (Å²) in [5, 5.41) is 1.28. The van der Waals surface area contributed by atoms with Crippen molar-refractivity contribution in [3.8, 4) is 5.88 Å². The first-order valence-corrected chi connectivity index (χ1v) is 7.12. The van der Waals surface area contributed by atoms with E-state index in [2.05, 4.69) is 14.5 Å². The fraction of sp³-hybridized carbons (Fsp3) is 0.286. The van der Waals surface area contributed by atoms with E-state index >= 15 is 0 Å². The molecule has 2 aromatic rings. The number of fused-ring (bicyclic) bond motifs is 1. The van der Waals surface area contributed by atoms with Crippen LogP contribution in [0.1, 0.15) is 6.42 Å². The van der Waals surface area contributed by atoms with Gasteiger partial charge in [0.15, 0.2) is 0 Å². The number of hydrogen-bond acceptors (Lipinski definition) is 5. The third kappa shape index (κ3) is 4.04. The van der Waals surface area contributed by atoms with Crippen LogP contribution < -0.4 is 4.74 Å². The summed E-state index contributed by atoms with van der Waals surface area (Å²) in [6.45, 7) is -2.92. The Kier molecular flexibility index (Phi) is 5.32. The summed E-state index contributed by atoms with van der Waals surface area (Å²) in [7, 11) is 1.34. The molecule has 0 atom stereocenters. The molecule has 21 heavy (non-hydrogen) atoms. The van der Waals surface area contributed by atoms with E-state index in [9.17, 15) is 13.6 Å². The maximum Gasteiger partial charge on any atom is 0.388 e. The summed E-state index contributed by atoms with van der Waals surface area (Å²) in [5.41, 5.74) is 0. The maximum absolute atomic E-state index is 12.4. The summed E-state index contributed by atoms with van der Waals surface area (Å²) >= 11 is 1.45. The second kappa shape index (κ2) is 7.21. The molecular formula is C14H13F2NO3S. The number of carbonyl (C=O) groups is 1. The lowest BCUT2D eigenvalue weighted by atomic mass is 10.2. The first-order valence-electron chi connectivity index (χ1n) is 6.14. The van der Waals surface area contributed by atoms with Crippen LogP contribution in [-0.2, 0) is 9.53 Å². The second-order valence-electron chi connectivity index (χ2n) is 4.02. The average molecular weight is 313 g/mol. The van der Waals surface area contributed by atoms with Crippen molar-refractivity contribution in [3.63, 3.8) is 0 Å². The monoisotopic (exact) mass is 313 g/mol. The van der Waals surface area contributed by atoms with Gasteiger partial charge in [0.05, 0.1) is 13.5 Å². The van der Waals surface area contributed by atoms with E-state index in [0.29, 0.717) is 11.1 Å². The molecule has 0 aliphatic carbocycles. The molecule has 1 heterocycles. The van der Waals surface area contributed by atoms with Gasteiger partial charge in [0.1, 0.15) is 0 Å². The zero-order valence-corrected chi connectivity index (χ0v) is 12.0. The number of pyridine rings is 1. The highest BCUT2D eigenvalue weighted by atomic mass is 32.2. The zero-order chi connectivity index (χ0) is 15.2. The highest BCUT2D eigenvalue weighted by Gasteiger charge is 2.12. The van der Waals surface area contributed by atoms with Gasteiger partial charge in [-0.2, -0.15) is 8.78 Å². The van der Waals surface area contributed by atoms with Crippen LogP contribution in [0.2, 0.25) is 0 Å². The molecule has 7 heteroatoms. The van der Waals surface area contributed by atoms with Gasteiger partial charge in [-0.25, -0.2) is 4.98 Å². The lowest BCUT2D eigenvalue weighted by Crippen LogP contribution is -2.04. The van der Waals surface area contributed by atoms with Crippen molar-refractivity contribution in [2.45, 2.75) is 17.9 Å². The highest BCUT2D eigenvalue weighted by Crippen LogP contribution is 2.32. The predicted molar refractivity (Wildman–Crippen MR) is 75.7 cm³/mol. The van der Waals surface area contributed by atoms with E-state index in [1.807, 2.05) is 6.07 Å². The molecule has 0 N–H and O–H groups in total. The highest BCUT2D eigenvalue weighted by molar-refractivity contribution is 7.99. The molecule has 1 aromatic carbocycles. The Bertz CT molecular complexity index is 637. The van der Waals surface area contributed by atoms with Crippen LogP contribution in [0.4, 0.5) is 8.78 Å². The van der Waals surface area contributed by atoms with Gasteiger partial charge in [0.2, 0.25) is 5.88 Å². The van der Waals surface area contributed by atoms with Crippen molar-refractivity contribution < 1.29 is 23.0 Å².